The number of benzene rings is 2. The van der Waals surface area contributed by atoms with E-state index in [1.54, 1.807) is 18.2 Å². The molecule has 1 N–H and O–H groups in total. The highest BCUT2D eigenvalue weighted by molar-refractivity contribution is 6.32. The number of carbonyl (C=O) groups is 1. The molecule has 1 unspecified atom stereocenters. The van der Waals surface area contributed by atoms with Gasteiger partial charge in [-0.05, 0) is 57.0 Å². The van der Waals surface area contributed by atoms with Crippen LogP contribution in [0.5, 0.6) is 11.5 Å². The van der Waals surface area contributed by atoms with E-state index in [1.165, 1.54) is 13.3 Å². The zero-order chi connectivity index (χ0) is 27.1. The number of piperidine rings is 1. The minimum atomic E-state index is -1.58. The fourth-order valence-electron chi connectivity index (χ4n) is 4.53. The molecule has 0 bridgehead atoms. The molecule has 1 atom stereocenters. The van der Waals surface area contributed by atoms with Crippen LogP contribution in [0.3, 0.4) is 0 Å². The van der Waals surface area contributed by atoms with Gasteiger partial charge in [-0.3, -0.25) is 9.78 Å². The predicted octanol–water partition coefficient (Wildman–Crippen LogP) is 6.13. The van der Waals surface area contributed by atoms with Crippen LogP contribution >= 0.6 is 11.6 Å². The minimum Gasteiger partial charge on any atom is -0.497 e. The Morgan fingerprint density at radius 3 is 2.58 bits per heavy atom. The van der Waals surface area contributed by atoms with Gasteiger partial charge < -0.3 is 19.5 Å². The summed E-state index contributed by atoms with van der Waals surface area (Å²) < 4.78 is 60.7. The van der Waals surface area contributed by atoms with Crippen molar-refractivity contribution >= 4 is 28.5 Å². The molecule has 0 spiro atoms. The van der Waals surface area contributed by atoms with Crippen molar-refractivity contribution in [2.75, 3.05) is 33.4 Å². The number of aromatic nitrogens is 1. The molecule has 1 aromatic heterocycles. The number of nitrogens with one attached hydrogen (secondary N) is 1. The van der Waals surface area contributed by atoms with Crippen LogP contribution in [-0.4, -0.2) is 44.4 Å². The Kier molecular flexibility index (Phi) is 9.69. The smallest absolute Gasteiger partial charge is 0.309 e. The van der Waals surface area contributed by atoms with E-state index in [1.807, 2.05) is 0 Å². The molecule has 3 aromatic rings. The number of alkyl halides is 1. The lowest BCUT2D eigenvalue weighted by atomic mass is 9.98. The average molecular weight is 551 g/mol. The second kappa shape index (κ2) is 13.2. The normalized spacial score (nSPS) is 14.9. The molecule has 0 radical (unpaired) electrons. The monoisotopic (exact) mass is 550 g/mol. The average Bonchev–Trinajstić information content (AvgIpc) is 2.92. The van der Waals surface area contributed by atoms with Crippen molar-refractivity contribution in [2.45, 2.75) is 38.3 Å². The maximum Gasteiger partial charge on any atom is 0.309 e. The number of hydrogen-bond donors (Lipinski definition) is 1. The molecule has 2 aromatic carbocycles. The third-order valence-electron chi connectivity index (χ3n) is 6.62. The highest BCUT2D eigenvalue weighted by atomic mass is 35.5. The molecule has 1 aliphatic heterocycles. The summed E-state index contributed by atoms with van der Waals surface area (Å²) >= 11 is 6.25. The Hall–Kier alpha value is -3.04. The van der Waals surface area contributed by atoms with Crippen LogP contribution in [0.4, 0.5) is 13.2 Å². The maximum absolute atomic E-state index is 15.3. The number of rotatable bonds is 11. The van der Waals surface area contributed by atoms with E-state index in [4.69, 9.17) is 25.8 Å². The van der Waals surface area contributed by atoms with Crippen molar-refractivity contribution in [1.29, 1.82) is 0 Å². The second-order valence-corrected chi connectivity index (χ2v) is 9.58. The lowest BCUT2D eigenvalue weighted by Crippen LogP contribution is -2.32. The highest BCUT2D eigenvalue weighted by Crippen LogP contribution is 2.36. The Balaban J connectivity index is 1.31. The number of fused-ring (bicyclic) bond motifs is 1. The van der Waals surface area contributed by atoms with Crippen LogP contribution in [0.1, 0.15) is 43.0 Å². The third-order valence-corrected chi connectivity index (χ3v) is 6.92. The summed E-state index contributed by atoms with van der Waals surface area (Å²) in [4.78, 5) is 16.2. The molecule has 38 heavy (non-hydrogen) atoms. The molecule has 4 rings (SSSR count). The van der Waals surface area contributed by atoms with Crippen molar-refractivity contribution in [1.82, 2.24) is 10.3 Å². The fraction of sp³-hybridized carbons (Fsp3) is 0.429. The van der Waals surface area contributed by atoms with Gasteiger partial charge in [0.1, 0.15) is 29.3 Å². The molecular weight excluding hydrogens is 521 g/mol. The molecule has 10 heteroatoms. The molecule has 0 aliphatic carbocycles. The number of esters is 1. The van der Waals surface area contributed by atoms with Crippen LogP contribution < -0.4 is 14.8 Å². The summed E-state index contributed by atoms with van der Waals surface area (Å²) in [5.74, 6) is -1.43. The van der Waals surface area contributed by atoms with Crippen molar-refractivity contribution in [3.8, 4) is 11.5 Å². The maximum atomic E-state index is 15.3. The minimum absolute atomic E-state index is 0.0143. The summed E-state index contributed by atoms with van der Waals surface area (Å²) in [6, 6.07) is 7.18. The number of ether oxygens (including phenoxy) is 3. The Bertz CT molecular complexity index is 1250. The van der Waals surface area contributed by atoms with E-state index in [0.29, 0.717) is 23.1 Å². The van der Waals surface area contributed by atoms with Gasteiger partial charge in [0.05, 0.1) is 36.8 Å². The molecule has 2 heterocycles. The number of halogens is 4. The molecule has 1 saturated heterocycles. The van der Waals surface area contributed by atoms with Crippen LogP contribution in [0.15, 0.2) is 36.5 Å². The Morgan fingerprint density at radius 1 is 1.13 bits per heavy atom. The van der Waals surface area contributed by atoms with Gasteiger partial charge >= 0.3 is 5.97 Å². The number of hydrogen-bond acceptors (Lipinski definition) is 6. The van der Waals surface area contributed by atoms with Gasteiger partial charge in [0.2, 0.25) is 0 Å². The number of carbonyl (C=O) groups excluding carboxylic acids is 1. The number of pyridine rings is 1. The van der Waals surface area contributed by atoms with Gasteiger partial charge in [0, 0.05) is 41.3 Å². The summed E-state index contributed by atoms with van der Waals surface area (Å²) in [7, 11) is 1.50. The first kappa shape index (κ1) is 28.0. The highest BCUT2D eigenvalue weighted by Gasteiger charge is 2.23. The van der Waals surface area contributed by atoms with Crippen molar-refractivity contribution < 1.29 is 32.2 Å². The summed E-state index contributed by atoms with van der Waals surface area (Å²) in [5.41, 5.74) is 0.507. The summed E-state index contributed by atoms with van der Waals surface area (Å²) in [6.45, 7) is 1.89. The van der Waals surface area contributed by atoms with E-state index >= 15 is 4.39 Å². The van der Waals surface area contributed by atoms with Gasteiger partial charge in [-0.2, -0.15) is 0 Å². The van der Waals surface area contributed by atoms with Gasteiger partial charge in [-0.25, -0.2) is 13.2 Å². The molecule has 204 valence electrons. The van der Waals surface area contributed by atoms with Gasteiger partial charge in [-0.1, -0.05) is 11.6 Å². The van der Waals surface area contributed by atoms with E-state index < -0.39 is 17.8 Å². The fourth-order valence-corrected chi connectivity index (χ4v) is 4.80. The van der Waals surface area contributed by atoms with E-state index in [-0.39, 0.29) is 59.8 Å². The molecule has 0 saturated carbocycles. The first-order chi connectivity index (χ1) is 18.4. The standard InChI is InChI=1S/C28H30ClF3N2O4/c1-36-18-3-6-26-21(13-18)27(22(29)16-34-26)23(30)5-4-20-24(31)14-19(15-25(20)32)37-11-2-12-38-28(35)17-7-9-33-10-8-17/h3,6,13-17,23,33H,2,4-5,7-12H2,1H3. The van der Waals surface area contributed by atoms with Crippen LogP contribution in [-0.2, 0) is 16.0 Å². The topological polar surface area (TPSA) is 69.7 Å². The van der Waals surface area contributed by atoms with Crippen molar-refractivity contribution in [3.63, 3.8) is 0 Å². The van der Waals surface area contributed by atoms with E-state index in [9.17, 15) is 13.6 Å². The first-order valence-electron chi connectivity index (χ1n) is 12.6. The molecule has 1 aliphatic rings. The quantitative estimate of drug-likeness (QED) is 0.229. The Labute approximate surface area is 224 Å². The molecule has 1 fully saturated rings. The summed E-state index contributed by atoms with van der Waals surface area (Å²) in [6.07, 6.45) is 1.30. The zero-order valence-electron chi connectivity index (χ0n) is 21.1. The van der Waals surface area contributed by atoms with Crippen LogP contribution in [0.2, 0.25) is 5.02 Å². The third kappa shape index (κ3) is 6.88. The zero-order valence-corrected chi connectivity index (χ0v) is 21.8. The summed E-state index contributed by atoms with van der Waals surface area (Å²) in [5, 5.41) is 3.80. The predicted molar refractivity (Wildman–Crippen MR) is 138 cm³/mol. The van der Waals surface area contributed by atoms with Gasteiger partial charge in [0.25, 0.3) is 0 Å². The Morgan fingerprint density at radius 2 is 1.87 bits per heavy atom. The molecular formula is C28H30ClF3N2O4. The van der Waals surface area contributed by atoms with E-state index in [0.717, 1.165) is 38.1 Å². The van der Waals surface area contributed by atoms with Crippen molar-refractivity contribution in [2.24, 2.45) is 5.92 Å². The van der Waals surface area contributed by atoms with E-state index in [2.05, 4.69) is 10.3 Å². The van der Waals surface area contributed by atoms with Gasteiger partial charge in [-0.15, -0.1) is 0 Å². The van der Waals surface area contributed by atoms with Gasteiger partial charge in [0.15, 0.2) is 0 Å². The lowest BCUT2D eigenvalue weighted by Gasteiger charge is -2.20. The van der Waals surface area contributed by atoms with Crippen molar-refractivity contribution in [3.05, 3.63) is 64.3 Å². The first-order valence-corrected chi connectivity index (χ1v) is 13.0. The number of methoxy groups -OCH3 is 1. The largest absolute Gasteiger partial charge is 0.497 e. The molecule has 6 nitrogen and oxygen atoms in total. The lowest BCUT2D eigenvalue weighted by molar-refractivity contribution is -0.149. The number of nitrogens with zero attached hydrogens (tertiary/aromatic N) is 1. The second-order valence-electron chi connectivity index (χ2n) is 9.17. The SMILES string of the molecule is COc1ccc2ncc(Cl)c(C(F)CCc3c(F)cc(OCCCOC(=O)C4CCNCC4)cc3F)c2c1. The van der Waals surface area contributed by atoms with Crippen LogP contribution in [0.25, 0.3) is 10.9 Å². The van der Waals surface area contributed by atoms with Crippen LogP contribution in [0, 0.1) is 17.6 Å². The molecule has 0 amide bonds.